The number of hydrogen-bond donors (Lipinski definition) is 1. The molecule has 80 valence electrons. The van der Waals surface area contributed by atoms with Crippen LogP contribution in [0.4, 0.5) is 5.82 Å². The lowest BCUT2D eigenvalue weighted by atomic mass is 10.2. The Hall–Kier alpha value is -1.84. The third-order valence-corrected chi connectivity index (χ3v) is 1.87. The smallest absolute Gasteiger partial charge is 0.251 e. The Labute approximate surface area is 89.6 Å². The molecule has 1 amide bonds. The molecular weight excluding hydrogens is 190 g/mol. The molecule has 0 saturated carbocycles. The molecule has 0 aliphatic rings. The Morgan fingerprint density at radius 3 is 3.00 bits per heavy atom. The van der Waals surface area contributed by atoms with E-state index >= 15 is 0 Å². The molecule has 0 saturated heterocycles. The summed E-state index contributed by atoms with van der Waals surface area (Å²) in [6.07, 6.45) is 3.27. The maximum absolute atomic E-state index is 11.6. The first-order valence-corrected chi connectivity index (χ1v) is 4.67. The van der Waals surface area contributed by atoms with Crippen molar-refractivity contribution in [3.05, 3.63) is 36.5 Å². The Morgan fingerprint density at radius 1 is 1.67 bits per heavy atom. The van der Waals surface area contributed by atoms with Crippen LogP contribution in [0.5, 0.6) is 0 Å². The minimum absolute atomic E-state index is 0.111. The van der Waals surface area contributed by atoms with Gasteiger partial charge in [0.2, 0.25) is 0 Å². The van der Waals surface area contributed by atoms with E-state index in [2.05, 4.69) is 16.9 Å². The monoisotopic (exact) mass is 205 g/mol. The van der Waals surface area contributed by atoms with Gasteiger partial charge in [-0.1, -0.05) is 6.08 Å². The highest BCUT2D eigenvalue weighted by atomic mass is 16.1. The highest BCUT2D eigenvalue weighted by molar-refractivity contribution is 5.94. The van der Waals surface area contributed by atoms with Gasteiger partial charge >= 0.3 is 0 Å². The van der Waals surface area contributed by atoms with Crippen molar-refractivity contribution in [3.8, 4) is 0 Å². The number of amides is 1. The van der Waals surface area contributed by atoms with E-state index in [9.17, 15) is 4.79 Å². The van der Waals surface area contributed by atoms with E-state index in [0.717, 1.165) is 5.82 Å². The van der Waals surface area contributed by atoms with Crippen molar-refractivity contribution in [2.45, 2.75) is 0 Å². The standard InChI is InChI=1S/C11H15N3O/c1-4-6-13-11(15)9-5-7-12-10(8-9)14(2)3/h4-5,7-8H,1,6H2,2-3H3,(H,13,15). The quantitative estimate of drug-likeness (QED) is 0.748. The Kier molecular flexibility index (Phi) is 3.85. The van der Waals surface area contributed by atoms with E-state index < -0.39 is 0 Å². The van der Waals surface area contributed by atoms with Crippen LogP contribution in [0.1, 0.15) is 10.4 Å². The van der Waals surface area contributed by atoms with Crippen molar-refractivity contribution in [2.24, 2.45) is 0 Å². The number of hydrogen-bond acceptors (Lipinski definition) is 3. The third kappa shape index (κ3) is 3.09. The molecule has 0 bridgehead atoms. The van der Waals surface area contributed by atoms with Crippen molar-refractivity contribution >= 4 is 11.7 Å². The van der Waals surface area contributed by atoms with Crippen LogP contribution in [-0.2, 0) is 0 Å². The number of carbonyl (C=O) groups is 1. The first-order chi connectivity index (χ1) is 7.15. The molecule has 0 fully saturated rings. The molecule has 0 unspecified atom stereocenters. The summed E-state index contributed by atoms with van der Waals surface area (Å²) in [5.41, 5.74) is 0.607. The van der Waals surface area contributed by atoms with Crippen LogP contribution in [0.25, 0.3) is 0 Å². The molecule has 0 atom stereocenters. The van der Waals surface area contributed by atoms with Crippen LogP contribution in [0.3, 0.4) is 0 Å². The molecule has 1 aromatic rings. The summed E-state index contributed by atoms with van der Waals surface area (Å²) in [5.74, 6) is 0.654. The van der Waals surface area contributed by atoms with Crippen LogP contribution in [0.15, 0.2) is 31.0 Å². The van der Waals surface area contributed by atoms with Crippen LogP contribution in [0.2, 0.25) is 0 Å². The predicted octanol–water partition coefficient (Wildman–Crippen LogP) is 1.06. The summed E-state index contributed by atoms with van der Waals surface area (Å²) >= 11 is 0. The van der Waals surface area contributed by atoms with E-state index in [1.807, 2.05) is 19.0 Å². The summed E-state index contributed by atoms with van der Waals surface area (Å²) in [5, 5.41) is 2.71. The van der Waals surface area contributed by atoms with Gasteiger partial charge in [-0.25, -0.2) is 4.98 Å². The molecule has 0 aromatic carbocycles. The van der Waals surface area contributed by atoms with Gasteiger partial charge < -0.3 is 10.2 Å². The topological polar surface area (TPSA) is 45.2 Å². The number of nitrogens with one attached hydrogen (secondary N) is 1. The number of carbonyl (C=O) groups excluding carboxylic acids is 1. The summed E-state index contributed by atoms with van der Waals surface area (Å²) in [7, 11) is 3.77. The zero-order valence-corrected chi connectivity index (χ0v) is 9.03. The number of aromatic nitrogens is 1. The fourth-order valence-electron chi connectivity index (χ4n) is 1.07. The second kappa shape index (κ2) is 5.14. The zero-order valence-electron chi connectivity index (χ0n) is 9.03. The fraction of sp³-hybridized carbons (Fsp3) is 0.273. The third-order valence-electron chi connectivity index (χ3n) is 1.87. The van der Waals surface area contributed by atoms with Gasteiger partial charge in [0.05, 0.1) is 0 Å². The van der Waals surface area contributed by atoms with Gasteiger partial charge in [0.1, 0.15) is 5.82 Å². The SMILES string of the molecule is C=CCNC(=O)c1ccnc(N(C)C)c1. The number of pyridine rings is 1. The van der Waals surface area contributed by atoms with Crippen LogP contribution >= 0.6 is 0 Å². The van der Waals surface area contributed by atoms with Gasteiger partial charge in [0, 0.05) is 32.4 Å². The number of rotatable bonds is 4. The van der Waals surface area contributed by atoms with Gasteiger partial charge in [0.25, 0.3) is 5.91 Å². The van der Waals surface area contributed by atoms with Crippen LogP contribution in [0, 0.1) is 0 Å². The average molecular weight is 205 g/mol. The van der Waals surface area contributed by atoms with E-state index in [4.69, 9.17) is 0 Å². The average Bonchev–Trinajstić information content (AvgIpc) is 2.26. The summed E-state index contributed by atoms with van der Waals surface area (Å²) in [4.78, 5) is 17.6. The molecule has 4 heteroatoms. The predicted molar refractivity (Wildman–Crippen MR) is 61.1 cm³/mol. The number of anilines is 1. The Balaban J connectivity index is 2.80. The highest BCUT2D eigenvalue weighted by Gasteiger charge is 2.06. The van der Waals surface area contributed by atoms with E-state index in [-0.39, 0.29) is 5.91 Å². The fourth-order valence-corrected chi connectivity index (χ4v) is 1.07. The van der Waals surface area contributed by atoms with Gasteiger partial charge in [-0.3, -0.25) is 4.79 Å². The molecule has 0 spiro atoms. The van der Waals surface area contributed by atoms with Crippen LogP contribution in [-0.4, -0.2) is 31.5 Å². The molecule has 4 nitrogen and oxygen atoms in total. The lowest BCUT2D eigenvalue weighted by Crippen LogP contribution is -2.23. The maximum Gasteiger partial charge on any atom is 0.251 e. The molecule has 0 radical (unpaired) electrons. The van der Waals surface area contributed by atoms with Crippen molar-refractivity contribution in [3.63, 3.8) is 0 Å². The second-order valence-corrected chi connectivity index (χ2v) is 3.30. The normalized spacial score (nSPS) is 9.47. The molecule has 1 heterocycles. The Morgan fingerprint density at radius 2 is 2.40 bits per heavy atom. The van der Waals surface area contributed by atoms with E-state index in [1.54, 1.807) is 24.4 Å². The van der Waals surface area contributed by atoms with Crippen LogP contribution < -0.4 is 10.2 Å². The van der Waals surface area contributed by atoms with E-state index in [0.29, 0.717) is 12.1 Å². The highest BCUT2D eigenvalue weighted by Crippen LogP contribution is 2.09. The largest absolute Gasteiger partial charge is 0.363 e. The first kappa shape index (κ1) is 11.2. The molecule has 0 aliphatic carbocycles. The van der Waals surface area contributed by atoms with Gasteiger partial charge in [-0.15, -0.1) is 6.58 Å². The minimum atomic E-state index is -0.111. The van der Waals surface area contributed by atoms with Gasteiger partial charge in [-0.2, -0.15) is 0 Å². The van der Waals surface area contributed by atoms with Gasteiger partial charge in [-0.05, 0) is 12.1 Å². The van der Waals surface area contributed by atoms with Crippen molar-refractivity contribution in [2.75, 3.05) is 25.5 Å². The zero-order chi connectivity index (χ0) is 11.3. The molecule has 1 rings (SSSR count). The summed E-state index contributed by atoms with van der Waals surface area (Å²) in [6.45, 7) is 4.01. The van der Waals surface area contributed by atoms with Crippen molar-refractivity contribution in [1.29, 1.82) is 0 Å². The molecule has 0 aliphatic heterocycles. The summed E-state index contributed by atoms with van der Waals surface area (Å²) < 4.78 is 0. The lowest BCUT2D eigenvalue weighted by molar-refractivity contribution is 0.0958. The number of nitrogens with zero attached hydrogens (tertiary/aromatic N) is 2. The van der Waals surface area contributed by atoms with E-state index in [1.165, 1.54) is 0 Å². The maximum atomic E-state index is 11.6. The van der Waals surface area contributed by atoms with Crippen molar-refractivity contribution in [1.82, 2.24) is 10.3 Å². The second-order valence-electron chi connectivity index (χ2n) is 3.30. The summed E-state index contributed by atoms with van der Waals surface area (Å²) in [6, 6.07) is 3.43. The molecule has 1 N–H and O–H groups in total. The lowest BCUT2D eigenvalue weighted by Gasteiger charge is -2.11. The van der Waals surface area contributed by atoms with Gasteiger partial charge in [0.15, 0.2) is 0 Å². The van der Waals surface area contributed by atoms with Crippen molar-refractivity contribution < 1.29 is 4.79 Å². The first-order valence-electron chi connectivity index (χ1n) is 4.67. The molecule has 1 aromatic heterocycles. The molecular formula is C11H15N3O. The minimum Gasteiger partial charge on any atom is -0.363 e. The molecule has 15 heavy (non-hydrogen) atoms. The Bertz CT molecular complexity index is 361.